The van der Waals surface area contributed by atoms with E-state index in [0.717, 1.165) is 18.1 Å². The second-order valence-electron chi connectivity index (χ2n) is 15.9. The molecule has 1 heterocycles. The Morgan fingerprint density at radius 3 is 2.00 bits per heavy atom. The van der Waals surface area contributed by atoms with Crippen LogP contribution in [0.25, 0.3) is 0 Å². The van der Waals surface area contributed by atoms with E-state index in [-0.39, 0.29) is 25.0 Å². The SMILES string of the molecule is CC[Si](CC)(CC)OC1CC2OC[C@@]2(OC(C)=O)C2C(OC(=O)c3ccccc3)C3(O)CC(OC(C)=O)C(C)=C(C(OC(C)=O)C(O)[C@]12C)C3(C)C. The van der Waals surface area contributed by atoms with E-state index in [1.54, 1.807) is 58.0 Å². The number of hydrogen-bond acceptors (Lipinski definition) is 12. The highest BCUT2D eigenvalue weighted by Crippen LogP contribution is 2.66. The zero-order chi connectivity index (χ0) is 38.6. The summed E-state index contributed by atoms with van der Waals surface area (Å²) in [6.07, 6.45) is -7.00. The van der Waals surface area contributed by atoms with Gasteiger partial charge in [0.05, 0.1) is 24.2 Å². The second-order valence-corrected chi connectivity index (χ2v) is 20.6. The number of ether oxygens (including phenoxy) is 5. The molecule has 0 radical (unpaired) electrons. The van der Waals surface area contributed by atoms with Crippen molar-refractivity contribution in [3.05, 3.63) is 47.0 Å². The molecule has 5 rings (SSSR count). The largest absolute Gasteiger partial charge is 0.458 e. The van der Waals surface area contributed by atoms with E-state index in [1.165, 1.54) is 20.8 Å². The summed E-state index contributed by atoms with van der Waals surface area (Å²) in [5.41, 5.74) is -5.41. The molecular weight excluding hydrogens is 689 g/mol. The van der Waals surface area contributed by atoms with Crippen molar-refractivity contribution < 1.29 is 57.5 Å². The van der Waals surface area contributed by atoms with Crippen molar-refractivity contribution >= 4 is 32.2 Å². The van der Waals surface area contributed by atoms with Crippen molar-refractivity contribution in [3.8, 4) is 0 Å². The van der Waals surface area contributed by atoms with Crippen molar-refractivity contribution in [3.63, 3.8) is 0 Å². The highest BCUT2D eigenvalue weighted by atomic mass is 28.4. The molecule has 288 valence electrons. The first-order valence-corrected chi connectivity index (χ1v) is 21.0. The first-order valence-electron chi connectivity index (χ1n) is 18.5. The van der Waals surface area contributed by atoms with E-state index in [0.29, 0.717) is 11.1 Å². The van der Waals surface area contributed by atoms with Gasteiger partial charge >= 0.3 is 23.9 Å². The van der Waals surface area contributed by atoms with Gasteiger partial charge in [-0.25, -0.2) is 4.79 Å². The van der Waals surface area contributed by atoms with Crippen LogP contribution in [-0.4, -0.2) is 96.8 Å². The molecule has 2 bridgehead atoms. The molecule has 1 aromatic carbocycles. The lowest BCUT2D eigenvalue weighted by Gasteiger charge is -2.70. The number of carbonyl (C=O) groups is 4. The van der Waals surface area contributed by atoms with Gasteiger partial charge in [0.25, 0.3) is 0 Å². The Morgan fingerprint density at radius 2 is 1.50 bits per heavy atom. The number of rotatable bonds is 10. The zero-order valence-electron chi connectivity index (χ0n) is 32.1. The minimum atomic E-state index is -2.47. The smallest absolute Gasteiger partial charge is 0.338 e. The van der Waals surface area contributed by atoms with Crippen LogP contribution in [0, 0.1) is 16.7 Å². The molecule has 10 atom stereocenters. The molecule has 1 aromatic rings. The number of esters is 4. The van der Waals surface area contributed by atoms with Gasteiger partial charge < -0.3 is 38.3 Å². The number of hydrogen-bond donors (Lipinski definition) is 2. The van der Waals surface area contributed by atoms with Crippen molar-refractivity contribution in [1.82, 2.24) is 0 Å². The quantitative estimate of drug-likeness (QED) is 0.142. The maximum atomic E-state index is 14.3. The van der Waals surface area contributed by atoms with Crippen LogP contribution >= 0.6 is 0 Å². The number of benzene rings is 1. The van der Waals surface area contributed by atoms with Crippen molar-refractivity contribution in [2.45, 2.75) is 148 Å². The lowest BCUT2D eigenvalue weighted by Crippen LogP contribution is -2.83. The van der Waals surface area contributed by atoms with Crippen molar-refractivity contribution in [2.24, 2.45) is 16.7 Å². The summed E-state index contributed by atoms with van der Waals surface area (Å²) in [7, 11) is -2.47. The summed E-state index contributed by atoms with van der Waals surface area (Å²) < 4.78 is 38.2. The fraction of sp³-hybridized carbons (Fsp3) is 0.692. The van der Waals surface area contributed by atoms with Gasteiger partial charge in [0.1, 0.15) is 30.0 Å². The monoisotopic (exact) mass is 744 g/mol. The van der Waals surface area contributed by atoms with E-state index in [4.69, 9.17) is 28.1 Å². The van der Waals surface area contributed by atoms with Gasteiger partial charge in [0, 0.05) is 44.4 Å². The van der Waals surface area contributed by atoms with Crippen LogP contribution in [-0.2, 0) is 42.5 Å². The molecule has 1 saturated heterocycles. The minimum Gasteiger partial charge on any atom is -0.458 e. The average Bonchev–Trinajstić information content (AvgIpc) is 3.07. The van der Waals surface area contributed by atoms with E-state index in [9.17, 15) is 29.4 Å². The molecular formula is C39H56O12Si. The van der Waals surface area contributed by atoms with E-state index < -0.39 is 96.8 Å². The third kappa shape index (κ3) is 6.23. The number of aliphatic hydroxyl groups excluding tert-OH is 1. The van der Waals surface area contributed by atoms with E-state index >= 15 is 0 Å². The minimum absolute atomic E-state index is 0.113. The molecule has 8 unspecified atom stereocenters. The van der Waals surface area contributed by atoms with Gasteiger partial charge in [-0.1, -0.05) is 59.7 Å². The molecule has 0 aromatic heterocycles. The molecule has 3 aliphatic carbocycles. The molecule has 13 heteroatoms. The molecule has 1 aliphatic heterocycles. The summed E-state index contributed by atoms with van der Waals surface area (Å²) in [6, 6.07) is 10.7. The Bertz CT molecular complexity index is 1580. The third-order valence-corrected chi connectivity index (χ3v) is 17.7. The maximum absolute atomic E-state index is 14.3. The average molecular weight is 745 g/mol. The summed E-state index contributed by atoms with van der Waals surface area (Å²) >= 11 is 0. The predicted molar refractivity (Wildman–Crippen MR) is 191 cm³/mol. The van der Waals surface area contributed by atoms with E-state index in [2.05, 4.69) is 20.8 Å². The number of fused-ring (bicyclic) bond motifs is 5. The van der Waals surface area contributed by atoms with Gasteiger partial charge in [-0.2, -0.15) is 0 Å². The lowest BCUT2D eigenvalue weighted by molar-refractivity contribution is -0.363. The van der Waals surface area contributed by atoms with Crippen LogP contribution in [0.4, 0.5) is 0 Å². The van der Waals surface area contributed by atoms with Crippen LogP contribution in [0.3, 0.4) is 0 Å². The van der Waals surface area contributed by atoms with Gasteiger partial charge in [0.2, 0.25) is 0 Å². The summed E-state index contributed by atoms with van der Waals surface area (Å²) in [5.74, 6) is -3.86. The summed E-state index contributed by atoms with van der Waals surface area (Å²) in [5, 5.41) is 26.7. The van der Waals surface area contributed by atoms with Crippen LogP contribution < -0.4 is 0 Å². The maximum Gasteiger partial charge on any atom is 0.338 e. The molecule has 2 N–H and O–H groups in total. The lowest BCUT2D eigenvalue weighted by atomic mass is 9.44. The zero-order valence-corrected chi connectivity index (χ0v) is 33.1. The molecule has 0 amide bonds. The molecule has 3 fully saturated rings. The summed E-state index contributed by atoms with van der Waals surface area (Å²) in [4.78, 5) is 52.9. The van der Waals surface area contributed by atoms with Crippen molar-refractivity contribution in [2.75, 3.05) is 6.61 Å². The Morgan fingerprint density at radius 1 is 0.904 bits per heavy atom. The third-order valence-electron chi connectivity index (χ3n) is 13.0. The number of aliphatic hydroxyl groups is 2. The molecule has 2 saturated carbocycles. The fourth-order valence-electron chi connectivity index (χ4n) is 9.92. The topological polar surface area (TPSA) is 164 Å². The second kappa shape index (κ2) is 14.3. The molecule has 0 spiro atoms. The van der Waals surface area contributed by atoms with Gasteiger partial charge in [0.15, 0.2) is 20.0 Å². The summed E-state index contributed by atoms with van der Waals surface area (Å²) in [6.45, 7) is 16.9. The van der Waals surface area contributed by atoms with Gasteiger partial charge in [-0.3, -0.25) is 14.4 Å². The highest BCUT2D eigenvalue weighted by Gasteiger charge is 2.78. The molecule has 52 heavy (non-hydrogen) atoms. The van der Waals surface area contributed by atoms with Crippen LogP contribution in [0.15, 0.2) is 41.5 Å². The van der Waals surface area contributed by atoms with Crippen LogP contribution in [0.1, 0.15) is 92.4 Å². The molecule has 12 nitrogen and oxygen atoms in total. The molecule has 4 aliphatic rings. The fourth-order valence-corrected chi connectivity index (χ4v) is 12.9. The first kappa shape index (κ1) is 40.1. The number of carbonyl (C=O) groups excluding carboxylic acids is 4. The van der Waals surface area contributed by atoms with Gasteiger partial charge in [-0.15, -0.1) is 0 Å². The van der Waals surface area contributed by atoms with Crippen LogP contribution in [0.5, 0.6) is 0 Å². The van der Waals surface area contributed by atoms with Gasteiger partial charge in [-0.05, 0) is 48.3 Å². The Hall–Kier alpha value is -3.10. The van der Waals surface area contributed by atoms with E-state index in [1.807, 2.05) is 0 Å². The Kier molecular flexibility index (Phi) is 11.0. The normalized spacial score (nSPS) is 36.5. The predicted octanol–water partition coefficient (Wildman–Crippen LogP) is 5.04. The van der Waals surface area contributed by atoms with Crippen LogP contribution in [0.2, 0.25) is 18.1 Å². The standard InChI is InChI=1S/C39H56O12Si/c1-11-52(12-2,13-3)51-28-19-29-38(21-46-29,50-25(7)42)32-34(49-35(44)26-17-15-14-16-18-26)39(45)20-27(47-23(5)40)22(4)30(36(39,8)9)31(48-24(6)41)33(43)37(28,32)10/h14-18,27-29,31-34,43,45H,11-13,19-21H2,1-10H3/t27?,28?,29?,31?,32?,33?,34?,37-,38+,39?/m1/s1. The Labute approximate surface area is 307 Å². The highest BCUT2D eigenvalue weighted by molar-refractivity contribution is 6.73. The Balaban J connectivity index is 1.90. The van der Waals surface area contributed by atoms with Crippen molar-refractivity contribution in [1.29, 1.82) is 0 Å². The first-order chi connectivity index (χ1) is 24.3.